The summed E-state index contributed by atoms with van der Waals surface area (Å²) in [5.41, 5.74) is 1.89. The Kier molecular flexibility index (Phi) is 6.24. The molecule has 0 bridgehead atoms. The fourth-order valence-electron chi connectivity index (χ4n) is 4.04. The number of carbonyl (C=O) groups excluding carboxylic acids is 2. The van der Waals surface area contributed by atoms with Crippen LogP contribution < -0.4 is 0 Å². The van der Waals surface area contributed by atoms with Crippen molar-refractivity contribution in [3.8, 4) is 0 Å². The van der Waals surface area contributed by atoms with Gasteiger partial charge in [0, 0.05) is 24.8 Å². The molecule has 0 saturated carbocycles. The minimum absolute atomic E-state index is 0.121. The zero-order valence-corrected chi connectivity index (χ0v) is 18.3. The Balaban J connectivity index is 1.80. The van der Waals surface area contributed by atoms with E-state index in [4.69, 9.17) is 9.72 Å². The van der Waals surface area contributed by atoms with Gasteiger partial charge in [0.2, 0.25) is 0 Å². The monoisotopic (exact) mass is 400 g/mol. The number of likely N-dealkylation sites (tertiary alicyclic amines) is 1. The van der Waals surface area contributed by atoms with Gasteiger partial charge in [-0.25, -0.2) is 14.5 Å². The van der Waals surface area contributed by atoms with Gasteiger partial charge in [-0.05, 0) is 44.1 Å². The second kappa shape index (κ2) is 8.51. The van der Waals surface area contributed by atoms with Crippen LogP contribution in [-0.2, 0) is 9.53 Å². The van der Waals surface area contributed by atoms with Gasteiger partial charge in [0.05, 0.1) is 17.1 Å². The lowest BCUT2D eigenvalue weighted by Gasteiger charge is -2.34. The number of nitrogens with zero attached hydrogens (tertiary/aromatic N) is 4. The van der Waals surface area contributed by atoms with E-state index >= 15 is 0 Å². The third-order valence-corrected chi connectivity index (χ3v) is 5.44. The summed E-state index contributed by atoms with van der Waals surface area (Å²) in [6.45, 7) is 13.6. The second-order valence-corrected chi connectivity index (χ2v) is 8.99. The molecule has 0 N–H and O–H groups in total. The predicted octanol–water partition coefficient (Wildman–Crippen LogP) is 3.80. The topological polar surface area (TPSA) is 77.3 Å². The van der Waals surface area contributed by atoms with Crippen LogP contribution in [0.25, 0.3) is 11.0 Å². The lowest BCUT2D eigenvalue weighted by Crippen LogP contribution is -2.44. The van der Waals surface area contributed by atoms with E-state index < -0.39 is 5.97 Å². The van der Waals surface area contributed by atoms with Crippen LogP contribution in [0.3, 0.4) is 0 Å². The van der Waals surface area contributed by atoms with Crippen molar-refractivity contribution in [2.45, 2.75) is 59.9 Å². The first-order chi connectivity index (χ1) is 13.7. The molecule has 158 valence electrons. The molecule has 1 aliphatic heterocycles. The van der Waals surface area contributed by atoms with Crippen LogP contribution in [0.15, 0.2) is 12.3 Å². The minimum atomic E-state index is -0.505. The van der Waals surface area contributed by atoms with Crippen molar-refractivity contribution in [1.82, 2.24) is 19.7 Å². The maximum atomic E-state index is 12.9. The average molecular weight is 401 g/mol. The van der Waals surface area contributed by atoms with Crippen LogP contribution in [0.4, 0.5) is 0 Å². The van der Waals surface area contributed by atoms with Gasteiger partial charge in [0.25, 0.3) is 5.91 Å². The smallest absolute Gasteiger partial charge is 0.339 e. The molecule has 2 atom stereocenters. The zero-order chi connectivity index (χ0) is 21.3. The molecule has 0 aromatic carbocycles. The van der Waals surface area contributed by atoms with E-state index in [2.05, 4.69) is 18.9 Å². The summed E-state index contributed by atoms with van der Waals surface area (Å²) in [6, 6.07) is 1.88. The fourth-order valence-corrected chi connectivity index (χ4v) is 4.04. The number of amides is 1. The Bertz CT molecular complexity index is 893. The van der Waals surface area contributed by atoms with Crippen molar-refractivity contribution in [3.63, 3.8) is 0 Å². The van der Waals surface area contributed by atoms with Gasteiger partial charge in [0.15, 0.2) is 12.3 Å². The highest BCUT2D eigenvalue weighted by atomic mass is 16.5. The van der Waals surface area contributed by atoms with Crippen LogP contribution in [0.2, 0.25) is 0 Å². The maximum Gasteiger partial charge on any atom is 0.339 e. The van der Waals surface area contributed by atoms with E-state index in [1.807, 2.05) is 32.6 Å². The van der Waals surface area contributed by atoms with E-state index in [-0.39, 0.29) is 24.5 Å². The molecule has 0 radical (unpaired) electrons. The number of carbonyl (C=O) groups is 2. The summed E-state index contributed by atoms with van der Waals surface area (Å²) in [4.78, 5) is 32.0. The Morgan fingerprint density at radius 1 is 1.17 bits per heavy atom. The molecule has 1 amide bonds. The van der Waals surface area contributed by atoms with Crippen LogP contribution in [-0.4, -0.2) is 51.2 Å². The molecule has 3 heterocycles. The lowest BCUT2D eigenvalue weighted by atomic mass is 9.92. The van der Waals surface area contributed by atoms with Crippen molar-refractivity contribution < 1.29 is 14.3 Å². The van der Waals surface area contributed by atoms with Crippen molar-refractivity contribution in [1.29, 1.82) is 0 Å². The Hall–Kier alpha value is -2.44. The summed E-state index contributed by atoms with van der Waals surface area (Å²) in [5.74, 6) is 0.444. The number of ether oxygens (including phenoxy) is 1. The number of rotatable bonds is 5. The van der Waals surface area contributed by atoms with Crippen LogP contribution >= 0.6 is 0 Å². The molecular formula is C22H32N4O3. The quantitative estimate of drug-likeness (QED) is 0.714. The SMILES string of the molecule is CC1CC(C)CN(C(=O)COC(=O)c2cc(C(C)C)nc3c2cnn3C(C)C)C1. The van der Waals surface area contributed by atoms with E-state index in [1.165, 1.54) is 0 Å². The highest BCUT2D eigenvalue weighted by Gasteiger charge is 2.27. The van der Waals surface area contributed by atoms with Crippen molar-refractivity contribution in [2.75, 3.05) is 19.7 Å². The van der Waals surface area contributed by atoms with Crippen LogP contribution in [0.1, 0.15) is 76.0 Å². The molecule has 2 aromatic rings. The summed E-state index contributed by atoms with van der Waals surface area (Å²) in [5, 5.41) is 5.05. The first-order valence-corrected chi connectivity index (χ1v) is 10.5. The standard InChI is InChI=1S/C22H32N4O3/c1-13(2)19-8-17(18-9-23-26(14(3)4)21(18)24-19)22(28)29-12-20(27)25-10-15(5)7-16(6)11-25/h8-9,13-16H,7,10-12H2,1-6H3. The molecule has 1 fully saturated rings. The van der Waals surface area contributed by atoms with Crippen LogP contribution in [0, 0.1) is 11.8 Å². The van der Waals surface area contributed by atoms with Crippen molar-refractivity contribution >= 4 is 22.9 Å². The predicted molar refractivity (Wildman–Crippen MR) is 112 cm³/mol. The molecule has 7 heteroatoms. The van der Waals surface area contributed by atoms with E-state index in [0.717, 1.165) is 25.2 Å². The number of fused-ring (bicyclic) bond motifs is 1. The molecule has 2 unspecified atom stereocenters. The largest absolute Gasteiger partial charge is 0.452 e. The number of piperidine rings is 1. The first-order valence-electron chi connectivity index (χ1n) is 10.5. The van der Waals surface area contributed by atoms with Crippen LogP contribution in [0.5, 0.6) is 0 Å². The number of hydrogen-bond donors (Lipinski definition) is 0. The zero-order valence-electron chi connectivity index (χ0n) is 18.3. The number of hydrogen-bond acceptors (Lipinski definition) is 5. The van der Waals surface area contributed by atoms with Crippen molar-refractivity contribution in [2.24, 2.45) is 11.8 Å². The molecule has 3 rings (SSSR count). The highest BCUT2D eigenvalue weighted by molar-refractivity contribution is 6.03. The Morgan fingerprint density at radius 3 is 2.41 bits per heavy atom. The number of pyridine rings is 1. The van der Waals surface area contributed by atoms with Gasteiger partial charge in [-0.15, -0.1) is 0 Å². The normalized spacial score (nSPS) is 19.9. The summed E-state index contributed by atoms with van der Waals surface area (Å²) in [6.07, 6.45) is 2.77. The molecule has 0 aliphatic carbocycles. The summed E-state index contributed by atoms with van der Waals surface area (Å²) < 4.78 is 7.24. The van der Waals surface area contributed by atoms with Gasteiger partial charge >= 0.3 is 5.97 Å². The maximum absolute atomic E-state index is 12.9. The Labute approximate surface area is 172 Å². The minimum Gasteiger partial charge on any atom is -0.452 e. The lowest BCUT2D eigenvalue weighted by molar-refractivity contribution is -0.137. The number of aromatic nitrogens is 3. The molecule has 29 heavy (non-hydrogen) atoms. The Morgan fingerprint density at radius 2 is 1.83 bits per heavy atom. The molecule has 0 spiro atoms. The van der Waals surface area contributed by atoms with E-state index in [1.54, 1.807) is 16.9 Å². The van der Waals surface area contributed by atoms with E-state index in [0.29, 0.717) is 28.4 Å². The summed E-state index contributed by atoms with van der Waals surface area (Å²) in [7, 11) is 0. The summed E-state index contributed by atoms with van der Waals surface area (Å²) >= 11 is 0. The fraction of sp³-hybridized carbons (Fsp3) is 0.636. The molecule has 2 aromatic heterocycles. The highest BCUT2D eigenvalue weighted by Crippen LogP contribution is 2.25. The molecule has 1 aliphatic rings. The molecule has 7 nitrogen and oxygen atoms in total. The molecule has 1 saturated heterocycles. The van der Waals surface area contributed by atoms with Gasteiger partial charge in [0.1, 0.15) is 0 Å². The third-order valence-electron chi connectivity index (χ3n) is 5.44. The van der Waals surface area contributed by atoms with Gasteiger partial charge in [-0.3, -0.25) is 4.79 Å². The average Bonchev–Trinajstić information content (AvgIpc) is 3.08. The third kappa shape index (κ3) is 4.60. The van der Waals surface area contributed by atoms with Gasteiger partial charge < -0.3 is 9.64 Å². The van der Waals surface area contributed by atoms with Gasteiger partial charge in [-0.1, -0.05) is 27.7 Å². The van der Waals surface area contributed by atoms with E-state index in [9.17, 15) is 9.59 Å². The number of esters is 1. The second-order valence-electron chi connectivity index (χ2n) is 8.99. The first kappa shape index (κ1) is 21.3. The molecular weight excluding hydrogens is 368 g/mol. The van der Waals surface area contributed by atoms with Crippen molar-refractivity contribution in [3.05, 3.63) is 23.5 Å². The van der Waals surface area contributed by atoms with Gasteiger partial charge in [-0.2, -0.15) is 5.10 Å².